The van der Waals surface area contributed by atoms with E-state index < -0.39 is 24.4 Å². The summed E-state index contributed by atoms with van der Waals surface area (Å²) in [6.45, 7) is 0.623. The molecule has 0 saturated carbocycles. The Morgan fingerprint density at radius 2 is 1.72 bits per heavy atom. The first-order chi connectivity index (χ1) is 12.6. The Bertz CT molecular complexity index is 594. The lowest BCUT2D eigenvalue weighted by Crippen LogP contribution is -2.68. The molecule has 0 radical (unpaired) electrons. The molecule has 15 N–H and O–H groups in total. The number of nitrogens with zero attached hydrogens (tertiary/aromatic N) is 3. The van der Waals surface area contributed by atoms with Crippen molar-refractivity contribution in [2.24, 2.45) is 27.9 Å². The lowest BCUT2D eigenvalue weighted by Gasteiger charge is -2.07. The largest absolute Gasteiger partial charge is 0.544 e. The minimum absolute atomic E-state index is 0. The Hall–Kier alpha value is -3.26. The van der Waals surface area contributed by atoms with Gasteiger partial charge in [-0.25, -0.2) is 0 Å². The number of carboxylic acid groups (broad SMARTS) is 2. The van der Waals surface area contributed by atoms with Crippen LogP contribution in [-0.2, 0) is 9.59 Å². The molecule has 170 valence electrons. The van der Waals surface area contributed by atoms with Crippen molar-refractivity contribution in [1.82, 2.24) is 4.90 Å². The van der Waals surface area contributed by atoms with Gasteiger partial charge in [0.15, 0.2) is 0 Å². The van der Waals surface area contributed by atoms with E-state index in [9.17, 15) is 14.7 Å². The number of hydrogen-bond donors (Lipinski definition) is 8. The number of rotatable bonds is 7. The van der Waals surface area contributed by atoms with Crippen LogP contribution >= 0.6 is 0 Å². The maximum Gasteiger partial charge on any atom is 0.387 e. The average molecular weight is 422 g/mol. The van der Waals surface area contributed by atoms with Crippen molar-refractivity contribution in [2.45, 2.75) is 18.9 Å². The summed E-state index contributed by atoms with van der Waals surface area (Å²) >= 11 is 0. The van der Waals surface area contributed by atoms with Crippen molar-refractivity contribution >= 4 is 35.4 Å². The molecule has 0 aromatic carbocycles. The van der Waals surface area contributed by atoms with Gasteiger partial charge < -0.3 is 49.9 Å². The minimum atomic E-state index is -1.43. The fourth-order valence-corrected chi connectivity index (χ4v) is 1.21. The number of nitrogens with one attached hydrogen (secondary N) is 1. The third-order valence-corrected chi connectivity index (χ3v) is 2.38. The first-order valence-electron chi connectivity index (χ1n) is 7.82. The van der Waals surface area contributed by atoms with Gasteiger partial charge in [-0.05, 0) is 19.1 Å². The van der Waals surface area contributed by atoms with E-state index in [0.29, 0.717) is 30.5 Å². The Kier molecular flexibility index (Phi) is 20.8. The van der Waals surface area contributed by atoms with Crippen LogP contribution in [0.4, 0.5) is 0 Å². The zero-order chi connectivity index (χ0) is 23.0. The Morgan fingerprint density at radius 3 is 1.90 bits per heavy atom. The molecule has 0 rings (SSSR count). The quantitative estimate of drug-likeness (QED) is 0.0837. The molecule has 29 heavy (non-hydrogen) atoms. The fraction of sp³-hybridized carbons (Fsp3) is 0.533. The highest BCUT2D eigenvalue weighted by Crippen LogP contribution is 1.83. The molecule has 0 aliphatic heterocycles. The molecule has 0 fully saturated rings. The Labute approximate surface area is 171 Å². The van der Waals surface area contributed by atoms with Crippen LogP contribution in [0.1, 0.15) is 12.8 Å². The molecule has 0 amide bonds. The van der Waals surface area contributed by atoms with Crippen LogP contribution in [-0.4, -0.2) is 90.8 Å². The summed E-state index contributed by atoms with van der Waals surface area (Å²) in [7, 11) is 7.31. The van der Waals surface area contributed by atoms with Gasteiger partial charge in [-0.15, -0.1) is 0 Å². The molecule has 1 unspecified atom stereocenters. The summed E-state index contributed by atoms with van der Waals surface area (Å²) in [4.78, 5) is 25.1. The van der Waals surface area contributed by atoms with E-state index in [4.69, 9.17) is 38.9 Å². The first-order valence-corrected chi connectivity index (χ1v) is 7.82. The predicted octanol–water partition coefficient (Wildman–Crippen LogP) is -6.81. The summed E-state index contributed by atoms with van der Waals surface area (Å²) in [6.07, 6.45) is -0.0828. The molecular formula is C15H37N10O4+. The van der Waals surface area contributed by atoms with Crippen molar-refractivity contribution in [3.63, 3.8) is 0 Å². The maximum atomic E-state index is 9.80. The van der Waals surface area contributed by atoms with Gasteiger partial charge in [0.05, 0.1) is 26.5 Å². The van der Waals surface area contributed by atoms with E-state index in [1.807, 2.05) is 19.0 Å². The first kappa shape index (κ1) is 33.3. The molecule has 0 heterocycles. The number of carbonyl (C=O) groups excluding carboxylic acids is 1. The number of aliphatic imine (C=N–C) groups is 1. The topological polar surface area (TPSA) is 277 Å². The Balaban J connectivity index is -0.000000159. The van der Waals surface area contributed by atoms with Gasteiger partial charge in [-0.2, -0.15) is 0 Å². The van der Waals surface area contributed by atoms with E-state index in [1.54, 1.807) is 18.7 Å². The summed E-state index contributed by atoms with van der Waals surface area (Å²) in [6, 6.07) is -1.15. The highest BCUT2D eigenvalue weighted by atomic mass is 16.4. The number of carbonyl (C=O) groups is 2. The van der Waals surface area contributed by atoms with Gasteiger partial charge >= 0.3 is 11.9 Å². The van der Waals surface area contributed by atoms with Gasteiger partial charge in [-0.1, -0.05) is 0 Å². The normalized spacial score (nSPS) is 9.86. The SMILES string of the molecule is CN(C)CC(=N)CC(N)=[NH2+].C[N+](C)=C(N)N=C(N)N.[CH3-].[NH3+]C(CC(=O)O)C(=O)[O-]. The van der Waals surface area contributed by atoms with Crippen molar-refractivity contribution in [3.05, 3.63) is 7.43 Å². The molecule has 14 heteroatoms. The van der Waals surface area contributed by atoms with Crippen LogP contribution in [0.3, 0.4) is 0 Å². The zero-order valence-electron chi connectivity index (χ0n) is 17.8. The number of hydrogen-bond acceptors (Lipinski definition) is 5. The lowest BCUT2D eigenvalue weighted by molar-refractivity contribution is -0.466. The monoisotopic (exact) mass is 421 g/mol. The molecule has 0 aromatic rings. The highest BCUT2D eigenvalue weighted by Gasteiger charge is 2.11. The number of carboxylic acids is 2. The number of aliphatic carboxylic acids is 2. The average Bonchev–Trinajstić information content (AvgIpc) is 2.44. The van der Waals surface area contributed by atoms with Gasteiger partial charge in [0.2, 0.25) is 5.84 Å². The third-order valence-electron chi connectivity index (χ3n) is 2.38. The second-order valence-electron chi connectivity index (χ2n) is 6.00. The molecule has 0 saturated heterocycles. The number of nitrogens with two attached hydrogens (primary N) is 5. The van der Waals surface area contributed by atoms with E-state index in [2.05, 4.69) is 10.7 Å². The standard InChI is InChI=1S/C6H14N4.C4H11N5.C4H7NO4.CH3/c1-10(2)4-5(7)3-6(8)9;1-9(2)4(7)8-3(5)6;5-2(4(8)9)1-3(6)7;/h7H,3-4H2,1-2H3,(H3,8,9);1-2H3,(H5,5,6,7,8);2H,1,5H2,(H,6,7)(H,8,9);1H3/q;;;-1/p+2. The molecule has 0 aliphatic rings. The summed E-state index contributed by atoms with van der Waals surface area (Å²) in [5, 5.41) is 30.3. The van der Waals surface area contributed by atoms with Gasteiger partial charge in [0.1, 0.15) is 12.5 Å². The molecule has 0 spiro atoms. The van der Waals surface area contributed by atoms with Gasteiger partial charge in [-0.3, -0.25) is 26.2 Å². The summed E-state index contributed by atoms with van der Waals surface area (Å²) in [5.74, 6) is -2.03. The molecule has 14 nitrogen and oxygen atoms in total. The minimum Gasteiger partial charge on any atom is -0.544 e. The second-order valence-corrected chi connectivity index (χ2v) is 6.00. The molecule has 0 bridgehead atoms. The van der Waals surface area contributed by atoms with Crippen LogP contribution in [0.15, 0.2) is 4.99 Å². The second kappa shape index (κ2) is 18.1. The van der Waals surface area contributed by atoms with Crippen LogP contribution < -0.4 is 39.2 Å². The van der Waals surface area contributed by atoms with Crippen molar-refractivity contribution in [3.8, 4) is 0 Å². The summed E-state index contributed by atoms with van der Waals surface area (Å²) in [5.41, 5.74) is 24.2. The lowest BCUT2D eigenvalue weighted by atomic mass is 10.2. The van der Waals surface area contributed by atoms with E-state index in [0.717, 1.165) is 0 Å². The van der Waals surface area contributed by atoms with Crippen LogP contribution in [0.2, 0.25) is 0 Å². The Morgan fingerprint density at radius 1 is 1.28 bits per heavy atom. The summed E-state index contributed by atoms with van der Waals surface area (Å²) < 4.78 is 1.61. The third kappa shape index (κ3) is 29.7. The highest BCUT2D eigenvalue weighted by molar-refractivity contribution is 5.99. The van der Waals surface area contributed by atoms with Crippen LogP contribution in [0.5, 0.6) is 0 Å². The van der Waals surface area contributed by atoms with E-state index >= 15 is 0 Å². The maximum absolute atomic E-state index is 9.80. The van der Waals surface area contributed by atoms with Crippen molar-refractivity contribution in [2.75, 3.05) is 34.7 Å². The van der Waals surface area contributed by atoms with Crippen molar-refractivity contribution in [1.29, 1.82) is 5.41 Å². The van der Waals surface area contributed by atoms with Gasteiger partial charge in [0.25, 0.3) is 5.96 Å². The van der Waals surface area contributed by atoms with Crippen LogP contribution in [0, 0.1) is 12.8 Å². The zero-order valence-corrected chi connectivity index (χ0v) is 17.8. The number of amidine groups is 1. The number of guanidine groups is 2. The molecular weight excluding hydrogens is 384 g/mol. The number of quaternary nitrogens is 1. The van der Waals surface area contributed by atoms with E-state index in [1.165, 1.54) is 0 Å². The van der Waals surface area contributed by atoms with Crippen LogP contribution in [0.25, 0.3) is 0 Å². The van der Waals surface area contributed by atoms with Crippen molar-refractivity contribution < 1.29 is 35.5 Å². The van der Waals surface area contributed by atoms with E-state index in [-0.39, 0.29) is 13.4 Å². The van der Waals surface area contributed by atoms with Gasteiger partial charge in [0, 0.05) is 12.3 Å². The smallest absolute Gasteiger partial charge is 0.387 e. The predicted molar refractivity (Wildman–Crippen MR) is 109 cm³/mol. The molecule has 0 aromatic heterocycles. The molecule has 1 atom stereocenters. The molecule has 0 aliphatic carbocycles. The fourth-order valence-electron chi connectivity index (χ4n) is 1.21.